The van der Waals surface area contributed by atoms with Crippen molar-refractivity contribution in [3.63, 3.8) is 0 Å². The van der Waals surface area contributed by atoms with E-state index in [1.165, 1.54) is 6.07 Å². The number of halogens is 6. The molecule has 0 unspecified atom stereocenters. The van der Waals surface area contributed by atoms with Gasteiger partial charge in [-0.25, -0.2) is 4.98 Å². The maximum absolute atomic E-state index is 12.7. The summed E-state index contributed by atoms with van der Waals surface area (Å²) < 4.78 is 42.8. The monoisotopic (exact) mass is 651 g/mol. The molecule has 3 aromatic rings. The number of anilines is 2. The van der Waals surface area contributed by atoms with Crippen LogP contribution in [0.25, 0.3) is 10.9 Å². The minimum Gasteiger partial charge on any atom is -0.405 e. The molecule has 0 radical (unpaired) electrons. The summed E-state index contributed by atoms with van der Waals surface area (Å²) in [7, 11) is 3.98. The summed E-state index contributed by atoms with van der Waals surface area (Å²) in [6, 6.07) is 13.2. The largest absolute Gasteiger partial charge is 0.573 e. The SMILES string of the molecule is CN(C)c1nc(N[C@H]2CC[C@@H](CNCCCc3ccc(Br)cc3OC(F)(F)F)CC2)nc2ccccc12.Cl.Cl. The van der Waals surface area contributed by atoms with Crippen molar-refractivity contribution in [2.75, 3.05) is 37.4 Å². The molecule has 6 nitrogen and oxygen atoms in total. The lowest BCUT2D eigenvalue weighted by Gasteiger charge is -2.29. The molecule has 0 aliphatic heterocycles. The molecule has 0 saturated heterocycles. The molecule has 0 bridgehead atoms. The second-order valence-electron chi connectivity index (χ2n) is 9.75. The van der Waals surface area contributed by atoms with Crippen LogP contribution in [0.4, 0.5) is 24.9 Å². The van der Waals surface area contributed by atoms with E-state index in [2.05, 4.69) is 31.3 Å². The smallest absolute Gasteiger partial charge is 0.405 e. The Kier molecular flexibility index (Phi) is 12.9. The van der Waals surface area contributed by atoms with E-state index in [0.29, 0.717) is 34.4 Å². The number of hydrogen-bond donors (Lipinski definition) is 2. The molecule has 0 spiro atoms. The summed E-state index contributed by atoms with van der Waals surface area (Å²) in [5, 5.41) is 8.07. The zero-order chi connectivity index (χ0) is 26.4. The summed E-state index contributed by atoms with van der Waals surface area (Å²) in [6.45, 7) is 1.66. The minimum absolute atomic E-state index is 0. The maximum Gasteiger partial charge on any atom is 0.573 e. The Labute approximate surface area is 248 Å². The van der Waals surface area contributed by atoms with Gasteiger partial charge in [-0.15, -0.1) is 38.0 Å². The molecule has 4 rings (SSSR count). The number of rotatable bonds is 10. The van der Waals surface area contributed by atoms with Gasteiger partial charge in [-0.1, -0.05) is 34.1 Å². The molecule has 1 fully saturated rings. The van der Waals surface area contributed by atoms with E-state index in [4.69, 9.17) is 9.97 Å². The van der Waals surface area contributed by atoms with Crippen LogP contribution in [0.15, 0.2) is 46.9 Å². The molecule has 0 atom stereocenters. The van der Waals surface area contributed by atoms with Crippen LogP contribution in [0.2, 0.25) is 0 Å². The number of ether oxygens (including phenoxy) is 1. The van der Waals surface area contributed by atoms with E-state index in [1.54, 1.807) is 12.1 Å². The molecule has 0 amide bonds. The van der Waals surface area contributed by atoms with Gasteiger partial charge in [0.2, 0.25) is 5.95 Å². The fourth-order valence-electron chi connectivity index (χ4n) is 4.82. The summed E-state index contributed by atoms with van der Waals surface area (Å²) in [5.41, 5.74) is 1.49. The number of benzene rings is 2. The lowest BCUT2D eigenvalue weighted by molar-refractivity contribution is -0.274. The Balaban J connectivity index is 0.00000267. The molecule has 1 saturated carbocycles. The minimum atomic E-state index is -4.70. The van der Waals surface area contributed by atoms with Crippen LogP contribution in [0.3, 0.4) is 0 Å². The van der Waals surface area contributed by atoms with Gasteiger partial charge in [0, 0.05) is 30.0 Å². The normalized spacial score (nSPS) is 17.2. The standard InChI is InChI=1S/C27H33BrF3N5O.2ClH/c1-36(2)25-22-7-3-4-8-23(22)34-26(35-25)33-21-13-9-18(10-14-21)17-32-15-5-6-19-11-12-20(28)16-24(19)37-27(29,30)31;;/h3-4,7-8,11-12,16,18,21,32H,5-6,9-10,13-15,17H2,1-2H3,(H,33,34,35);2*1H/t18-,21+;;. The average Bonchev–Trinajstić information content (AvgIpc) is 2.84. The molecule has 1 aromatic heterocycles. The molecule has 1 aliphatic rings. The van der Waals surface area contributed by atoms with Crippen molar-refractivity contribution in [1.82, 2.24) is 15.3 Å². The zero-order valence-corrected chi connectivity index (χ0v) is 25.2. The van der Waals surface area contributed by atoms with Gasteiger partial charge >= 0.3 is 6.36 Å². The first-order valence-electron chi connectivity index (χ1n) is 12.6. The van der Waals surface area contributed by atoms with E-state index in [-0.39, 0.29) is 30.6 Å². The molecular weight excluding hydrogens is 618 g/mol. The van der Waals surface area contributed by atoms with E-state index in [1.807, 2.05) is 43.3 Å². The average molecular weight is 653 g/mol. The van der Waals surface area contributed by atoms with E-state index in [9.17, 15) is 13.2 Å². The van der Waals surface area contributed by atoms with E-state index in [0.717, 1.165) is 61.9 Å². The first-order valence-corrected chi connectivity index (χ1v) is 13.4. The second kappa shape index (κ2) is 15.1. The Hall–Kier alpha value is -2.01. The van der Waals surface area contributed by atoms with Crippen LogP contribution in [0.1, 0.15) is 37.7 Å². The van der Waals surface area contributed by atoms with Crippen LogP contribution < -0.4 is 20.3 Å². The number of aromatic nitrogens is 2. The Morgan fingerprint density at radius 3 is 2.44 bits per heavy atom. The zero-order valence-electron chi connectivity index (χ0n) is 21.9. The third-order valence-electron chi connectivity index (χ3n) is 6.67. The lowest BCUT2D eigenvalue weighted by atomic mass is 9.86. The first-order chi connectivity index (χ1) is 17.7. The number of nitrogens with one attached hydrogen (secondary N) is 2. The van der Waals surface area contributed by atoms with Gasteiger partial charge in [-0.3, -0.25) is 0 Å². The van der Waals surface area contributed by atoms with E-state index >= 15 is 0 Å². The fraction of sp³-hybridized carbons (Fsp3) is 0.481. The second-order valence-corrected chi connectivity index (χ2v) is 10.7. The number of hydrogen-bond acceptors (Lipinski definition) is 6. The van der Waals surface area contributed by atoms with E-state index < -0.39 is 6.36 Å². The topological polar surface area (TPSA) is 62.3 Å². The van der Waals surface area contributed by atoms with Crippen LogP contribution >= 0.6 is 40.7 Å². The van der Waals surface area contributed by atoms with Gasteiger partial charge in [-0.2, -0.15) is 4.98 Å². The summed E-state index contributed by atoms with van der Waals surface area (Å²) in [4.78, 5) is 11.5. The molecule has 39 heavy (non-hydrogen) atoms. The number of para-hydroxylation sites is 1. The van der Waals surface area contributed by atoms with Gasteiger partial charge in [-0.05, 0) is 87.4 Å². The lowest BCUT2D eigenvalue weighted by Crippen LogP contribution is -2.32. The van der Waals surface area contributed by atoms with Crippen LogP contribution in [0.5, 0.6) is 5.75 Å². The quantitative estimate of drug-likeness (QED) is 0.223. The van der Waals surface area contributed by atoms with Crippen LogP contribution in [-0.2, 0) is 6.42 Å². The van der Waals surface area contributed by atoms with Gasteiger partial charge < -0.3 is 20.3 Å². The summed E-state index contributed by atoms with van der Waals surface area (Å²) >= 11 is 3.21. The third-order valence-corrected chi connectivity index (χ3v) is 7.17. The molecular formula is C27H35BrCl2F3N5O. The van der Waals surface area contributed by atoms with Gasteiger partial charge in [0.25, 0.3) is 0 Å². The summed E-state index contributed by atoms with van der Waals surface area (Å²) in [5.74, 6) is 2.03. The molecule has 1 aliphatic carbocycles. The number of aryl methyl sites for hydroxylation is 1. The van der Waals surface area contributed by atoms with Crippen molar-refractivity contribution in [2.24, 2.45) is 5.92 Å². The molecule has 12 heteroatoms. The number of alkyl halides is 3. The highest BCUT2D eigenvalue weighted by molar-refractivity contribution is 9.10. The number of nitrogens with zero attached hydrogens (tertiary/aromatic N) is 3. The maximum atomic E-state index is 12.7. The first kappa shape index (κ1) is 33.2. The molecule has 216 valence electrons. The predicted octanol–water partition coefficient (Wildman–Crippen LogP) is 7.39. The van der Waals surface area contributed by atoms with Gasteiger partial charge in [0.1, 0.15) is 11.6 Å². The number of fused-ring (bicyclic) bond motifs is 1. The van der Waals surface area contributed by atoms with Crippen molar-refractivity contribution in [3.05, 3.63) is 52.5 Å². The Bertz CT molecular complexity index is 1190. The van der Waals surface area contributed by atoms with Crippen molar-refractivity contribution in [3.8, 4) is 5.75 Å². The van der Waals surface area contributed by atoms with Crippen LogP contribution in [0, 0.1) is 5.92 Å². The highest BCUT2D eigenvalue weighted by atomic mass is 79.9. The van der Waals surface area contributed by atoms with Crippen LogP contribution in [-0.4, -0.2) is 49.6 Å². The third kappa shape index (κ3) is 9.84. The Morgan fingerprint density at radius 2 is 1.74 bits per heavy atom. The van der Waals surface area contributed by atoms with Gasteiger partial charge in [0.15, 0.2) is 0 Å². The molecule has 2 aromatic carbocycles. The van der Waals surface area contributed by atoms with Crippen molar-refractivity contribution in [1.29, 1.82) is 0 Å². The van der Waals surface area contributed by atoms with Crippen molar-refractivity contribution >= 4 is 63.4 Å². The van der Waals surface area contributed by atoms with Crippen molar-refractivity contribution < 1.29 is 17.9 Å². The van der Waals surface area contributed by atoms with Gasteiger partial charge in [0.05, 0.1) is 5.52 Å². The highest BCUT2D eigenvalue weighted by Gasteiger charge is 2.32. The fourth-order valence-corrected chi connectivity index (χ4v) is 5.16. The summed E-state index contributed by atoms with van der Waals surface area (Å²) in [6.07, 6.45) is 0.873. The molecule has 2 N–H and O–H groups in total. The van der Waals surface area contributed by atoms with Crippen molar-refractivity contribution in [2.45, 2.75) is 50.9 Å². The molecule has 1 heterocycles. The highest BCUT2D eigenvalue weighted by Crippen LogP contribution is 2.31. The Morgan fingerprint density at radius 1 is 1.03 bits per heavy atom. The predicted molar refractivity (Wildman–Crippen MR) is 160 cm³/mol.